The molecule has 3 aromatic rings. The van der Waals surface area contributed by atoms with E-state index in [-0.39, 0.29) is 24.0 Å². The van der Waals surface area contributed by atoms with Crippen LogP contribution in [0.5, 0.6) is 11.5 Å². The van der Waals surface area contributed by atoms with Crippen molar-refractivity contribution >= 4 is 35.1 Å². The van der Waals surface area contributed by atoms with E-state index in [1.807, 2.05) is 60.7 Å². The molecule has 40 heavy (non-hydrogen) atoms. The molecular weight excluding hydrogens is 530 g/mol. The van der Waals surface area contributed by atoms with Crippen molar-refractivity contribution in [3.63, 3.8) is 0 Å². The largest absolute Gasteiger partial charge is 0.490 e. The minimum Gasteiger partial charge on any atom is -0.490 e. The number of hydrogen-bond donors (Lipinski definition) is 2. The van der Waals surface area contributed by atoms with E-state index in [0.29, 0.717) is 44.0 Å². The monoisotopic (exact) mass is 561 g/mol. The first kappa shape index (κ1) is 28.6. The molecule has 1 fully saturated rings. The average Bonchev–Trinajstić information content (AvgIpc) is 2.97. The van der Waals surface area contributed by atoms with Gasteiger partial charge in [-0.05, 0) is 48.1 Å². The highest BCUT2D eigenvalue weighted by Gasteiger charge is 2.34. The normalized spacial score (nSPS) is 14.6. The molecule has 1 unspecified atom stereocenters. The number of carbonyl (C=O) groups excluding carboxylic acids is 3. The topological polar surface area (TPSA) is 106 Å². The molecule has 2 N–H and O–H groups in total. The van der Waals surface area contributed by atoms with Gasteiger partial charge in [0.05, 0.1) is 13.0 Å². The van der Waals surface area contributed by atoms with Crippen molar-refractivity contribution in [1.29, 1.82) is 0 Å². The Morgan fingerprint density at radius 1 is 0.900 bits per heavy atom. The summed E-state index contributed by atoms with van der Waals surface area (Å²) in [5.41, 5.74) is 1.38. The molecule has 0 aromatic heterocycles. The van der Waals surface area contributed by atoms with Gasteiger partial charge in [-0.15, -0.1) is 0 Å². The number of carbonyl (C=O) groups is 3. The number of esters is 1. The van der Waals surface area contributed by atoms with Crippen LogP contribution in [0.15, 0.2) is 84.9 Å². The van der Waals surface area contributed by atoms with Gasteiger partial charge in [0, 0.05) is 25.1 Å². The molecular formula is C30H31N3O6S. The lowest BCUT2D eigenvalue weighted by Crippen LogP contribution is -2.60. The second-order valence-electron chi connectivity index (χ2n) is 8.96. The zero-order chi connectivity index (χ0) is 28.2. The van der Waals surface area contributed by atoms with Gasteiger partial charge in [0.2, 0.25) is 5.91 Å². The van der Waals surface area contributed by atoms with E-state index in [1.54, 1.807) is 29.2 Å². The summed E-state index contributed by atoms with van der Waals surface area (Å²) in [6.07, 6.45) is 0.384. The summed E-state index contributed by atoms with van der Waals surface area (Å²) in [5, 5.41) is 5.48. The number of piperazine rings is 1. The van der Waals surface area contributed by atoms with Crippen molar-refractivity contribution in [2.24, 2.45) is 0 Å². The maximum atomic E-state index is 13.0. The van der Waals surface area contributed by atoms with Crippen LogP contribution in [-0.2, 0) is 20.7 Å². The number of thiocarbonyl (C=S) groups is 1. The van der Waals surface area contributed by atoms with Crippen LogP contribution in [0.2, 0.25) is 0 Å². The number of ether oxygens (including phenoxy) is 3. The van der Waals surface area contributed by atoms with Gasteiger partial charge in [-0.3, -0.25) is 19.7 Å². The van der Waals surface area contributed by atoms with Crippen molar-refractivity contribution in [1.82, 2.24) is 15.5 Å². The zero-order valence-corrected chi connectivity index (χ0v) is 22.7. The first-order chi connectivity index (χ1) is 19.5. The molecule has 10 heteroatoms. The third kappa shape index (κ3) is 8.54. The molecule has 0 saturated carbocycles. The fourth-order valence-corrected chi connectivity index (χ4v) is 4.42. The Balaban J connectivity index is 1.27. The highest BCUT2D eigenvalue weighted by atomic mass is 32.1. The predicted octanol–water partition coefficient (Wildman–Crippen LogP) is 3.14. The van der Waals surface area contributed by atoms with Crippen LogP contribution in [0.4, 0.5) is 0 Å². The molecule has 0 aliphatic carbocycles. The molecule has 3 aromatic carbocycles. The second-order valence-corrected chi connectivity index (χ2v) is 9.34. The van der Waals surface area contributed by atoms with Crippen molar-refractivity contribution in [3.8, 4) is 11.5 Å². The summed E-state index contributed by atoms with van der Waals surface area (Å²) in [7, 11) is 0. The average molecular weight is 562 g/mol. The van der Waals surface area contributed by atoms with Crippen molar-refractivity contribution in [2.45, 2.75) is 18.9 Å². The third-order valence-electron chi connectivity index (χ3n) is 6.13. The molecule has 1 heterocycles. The van der Waals surface area contributed by atoms with Crippen LogP contribution in [0.25, 0.3) is 0 Å². The van der Waals surface area contributed by atoms with Gasteiger partial charge in [0.1, 0.15) is 30.8 Å². The molecule has 9 nitrogen and oxygen atoms in total. The lowest BCUT2D eigenvalue weighted by atomic mass is 10.1. The van der Waals surface area contributed by atoms with Gasteiger partial charge in [0.15, 0.2) is 5.11 Å². The van der Waals surface area contributed by atoms with Crippen molar-refractivity contribution < 1.29 is 28.6 Å². The molecule has 0 radical (unpaired) electrons. The molecule has 0 spiro atoms. The first-order valence-corrected chi connectivity index (χ1v) is 13.4. The van der Waals surface area contributed by atoms with Crippen molar-refractivity contribution in [3.05, 3.63) is 96.1 Å². The minimum absolute atomic E-state index is 0.0597. The fraction of sp³-hybridized carbons (Fsp3) is 0.267. The third-order valence-corrected chi connectivity index (χ3v) is 6.47. The Labute approximate surface area is 238 Å². The maximum Gasteiger partial charge on any atom is 0.308 e. The van der Waals surface area contributed by atoms with E-state index in [2.05, 4.69) is 10.6 Å². The fourth-order valence-electron chi connectivity index (χ4n) is 4.11. The summed E-state index contributed by atoms with van der Waals surface area (Å²) < 4.78 is 16.7. The van der Waals surface area contributed by atoms with Crippen LogP contribution in [-0.4, -0.2) is 66.7 Å². The van der Waals surface area contributed by atoms with Gasteiger partial charge in [-0.2, -0.15) is 0 Å². The Morgan fingerprint density at radius 3 is 2.33 bits per heavy atom. The number of hydrogen-bond acceptors (Lipinski definition) is 7. The van der Waals surface area contributed by atoms with Crippen LogP contribution in [0, 0.1) is 0 Å². The number of amides is 2. The summed E-state index contributed by atoms with van der Waals surface area (Å²) >= 11 is 5.46. The smallest absolute Gasteiger partial charge is 0.308 e. The van der Waals surface area contributed by atoms with E-state index in [4.69, 9.17) is 26.4 Å². The predicted molar refractivity (Wildman–Crippen MR) is 153 cm³/mol. The zero-order valence-electron chi connectivity index (χ0n) is 21.9. The maximum absolute atomic E-state index is 13.0. The van der Waals surface area contributed by atoms with Gasteiger partial charge in [-0.1, -0.05) is 54.6 Å². The molecule has 1 aliphatic rings. The van der Waals surface area contributed by atoms with E-state index < -0.39 is 17.9 Å². The lowest BCUT2D eigenvalue weighted by molar-refractivity contribution is -0.147. The summed E-state index contributed by atoms with van der Waals surface area (Å²) in [4.78, 5) is 39.6. The van der Waals surface area contributed by atoms with E-state index in [0.717, 1.165) is 11.3 Å². The van der Waals surface area contributed by atoms with Crippen molar-refractivity contribution in [2.75, 3.05) is 32.9 Å². The van der Waals surface area contributed by atoms with Gasteiger partial charge < -0.3 is 24.4 Å². The van der Waals surface area contributed by atoms with Gasteiger partial charge in [-0.25, -0.2) is 0 Å². The standard InChI is InChI=1S/C30H31N3O6S/c34-27(39-17-14-22-8-3-1-4-9-22)21-26-29(36)31-15-16-33(26)30(40)32-28(35)23-10-7-13-25(20-23)38-19-18-37-24-11-5-2-6-12-24/h1-13,20,26H,14-19,21H2,(H,31,36)(H,32,35,40). The summed E-state index contributed by atoms with van der Waals surface area (Å²) in [5.74, 6) is -0.0677. The number of benzene rings is 3. The number of nitrogens with zero attached hydrogens (tertiary/aromatic N) is 1. The van der Waals surface area contributed by atoms with E-state index >= 15 is 0 Å². The SMILES string of the molecule is O=C(CC1C(=O)NCCN1C(=S)NC(=O)c1cccc(OCCOc2ccccc2)c1)OCCc1ccccc1. The number of nitrogens with one attached hydrogen (secondary N) is 2. The first-order valence-electron chi connectivity index (χ1n) is 13.0. The lowest BCUT2D eigenvalue weighted by Gasteiger charge is -2.36. The molecule has 1 atom stereocenters. The van der Waals surface area contributed by atoms with Crippen LogP contribution < -0.4 is 20.1 Å². The summed E-state index contributed by atoms with van der Waals surface area (Å²) in [6, 6.07) is 24.9. The summed E-state index contributed by atoms with van der Waals surface area (Å²) in [6.45, 7) is 1.53. The van der Waals surface area contributed by atoms with Crippen LogP contribution in [0.1, 0.15) is 22.3 Å². The quantitative estimate of drug-likeness (QED) is 0.209. The second kappa shape index (κ2) is 14.6. The molecule has 4 rings (SSSR count). The van der Waals surface area contributed by atoms with Crippen LogP contribution in [0.3, 0.4) is 0 Å². The number of para-hydroxylation sites is 1. The highest BCUT2D eigenvalue weighted by Crippen LogP contribution is 2.15. The minimum atomic E-state index is -0.884. The molecule has 208 valence electrons. The number of rotatable bonds is 11. The Kier molecular flexibility index (Phi) is 10.5. The molecule has 1 saturated heterocycles. The molecule has 0 bridgehead atoms. The Bertz CT molecular complexity index is 1310. The molecule has 2 amide bonds. The highest BCUT2D eigenvalue weighted by molar-refractivity contribution is 7.80. The Hall–Kier alpha value is -4.44. The van der Waals surface area contributed by atoms with E-state index in [9.17, 15) is 14.4 Å². The Morgan fingerprint density at radius 2 is 1.57 bits per heavy atom. The van der Waals surface area contributed by atoms with Crippen LogP contribution >= 0.6 is 12.2 Å². The van der Waals surface area contributed by atoms with Gasteiger partial charge >= 0.3 is 5.97 Å². The van der Waals surface area contributed by atoms with Gasteiger partial charge in [0.25, 0.3) is 5.91 Å². The molecule has 1 aliphatic heterocycles. The van der Waals surface area contributed by atoms with E-state index in [1.165, 1.54) is 0 Å².